The number of carboxylic acids is 1. The van der Waals surface area contributed by atoms with Crippen molar-refractivity contribution >= 4 is 21.9 Å². The predicted octanol–water partition coefficient (Wildman–Crippen LogP) is 4.36. The predicted molar refractivity (Wildman–Crippen MR) is 125 cm³/mol. The lowest BCUT2D eigenvalue weighted by molar-refractivity contribution is -0.138. The number of ether oxygens (including phenoxy) is 2. The van der Waals surface area contributed by atoms with Crippen molar-refractivity contribution in [3.05, 3.63) is 88.2 Å². The van der Waals surface area contributed by atoms with Gasteiger partial charge < -0.3 is 19.7 Å². The highest BCUT2D eigenvalue weighted by Crippen LogP contribution is 2.72. The maximum absolute atomic E-state index is 12.7. The number of methoxy groups -OCH3 is 1. The third-order valence-corrected chi connectivity index (χ3v) is 7.57. The van der Waals surface area contributed by atoms with Crippen LogP contribution in [0.25, 0.3) is 0 Å². The molecule has 2 N–H and O–H groups in total. The lowest BCUT2D eigenvalue weighted by Crippen LogP contribution is -2.50. The molecule has 0 saturated heterocycles. The summed E-state index contributed by atoms with van der Waals surface area (Å²) in [4.78, 5) is 16.2. The number of rotatable bonds is 5. The highest BCUT2D eigenvalue weighted by atomic mass is 79.9. The van der Waals surface area contributed by atoms with Crippen molar-refractivity contribution in [3.8, 4) is 17.6 Å². The van der Waals surface area contributed by atoms with Crippen LogP contribution in [0, 0.1) is 23.2 Å². The second-order valence-electron chi connectivity index (χ2n) is 8.58. The Morgan fingerprint density at radius 3 is 2.53 bits per heavy atom. The van der Waals surface area contributed by atoms with Crippen molar-refractivity contribution in [2.75, 3.05) is 7.11 Å². The molecule has 0 spiro atoms. The second-order valence-corrected chi connectivity index (χ2v) is 9.50. The van der Waals surface area contributed by atoms with Crippen LogP contribution in [0.15, 0.2) is 71.5 Å². The Morgan fingerprint density at radius 2 is 1.91 bits per heavy atom. The van der Waals surface area contributed by atoms with E-state index in [0.29, 0.717) is 16.9 Å². The lowest BCUT2D eigenvalue weighted by Gasteiger charge is -2.41. The summed E-state index contributed by atoms with van der Waals surface area (Å²) in [7, 11) is 1.46. The number of carbonyl (C=O) groups is 1. The summed E-state index contributed by atoms with van der Waals surface area (Å²) < 4.78 is 13.0. The number of hydrogen-bond donors (Lipinski definition) is 2. The van der Waals surface area contributed by atoms with Gasteiger partial charge in [0.2, 0.25) is 0 Å². The van der Waals surface area contributed by atoms with Crippen molar-refractivity contribution in [1.82, 2.24) is 4.98 Å². The van der Waals surface area contributed by atoms with E-state index in [1.807, 2.05) is 54.6 Å². The van der Waals surface area contributed by atoms with E-state index in [2.05, 4.69) is 27.0 Å². The first-order valence-electron chi connectivity index (χ1n) is 10.7. The van der Waals surface area contributed by atoms with Crippen LogP contribution in [0.5, 0.6) is 11.5 Å². The fourth-order valence-corrected chi connectivity index (χ4v) is 6.15. The Hall–Kier alpha value is -3.41. The molecule has 1 aliphatic carbocycles. The quantitative estimate of drug-likeness (QED) is 0.513. The smallest absolute Gasteiger partial charge is 0.303 e. The van der Waals surface area contributed by atoms with Gasteiger partial charge in [-0.2, -0.15) is 5.26 Å². The molecule has 1 aromatic heterocycles. The summed E-state index contributed by atoms with van der Waals surface area (Å²) in [6.45, 7) is 0. The monoisotopic (exact) mass is 520 g/mol. The van der Waals surface area contributed by atoms with E-state index in [0.717, 1.165) is 10.0 Å². The van der Waals surface area contributed by atoms with Gasteiger partial charge in [0, 0.05) is 10.4 Å². The van der Waals surface area contributed by atoms with Gasteiger partial charge in [0.05, 0.1) is 43.5 Å². The van der Waals surface area contributed by atoms with Crippen molar-refractivity contribution < 1.29 is 24.5 Å². The van der Waals surface area contributed by atoms with Crippen LogP contribution in [-0.4, -0.2) is 28.3 Å². The van der Waals surface area contributed by atoms with Crippen molar-refractivity contribution in [2.45, 2.75) is 23.5 Å². The number of nitrogens with zero attached hydrogens (tertiary/aromatic N) is 2. The normalized spacial score (nSPS) is 28.9. The van der Waals surface area contributed by atoms with E-state index in [1.54, 1.807) is 0 Å². The Kier molecular flexibility index (Phi) is 5.34. The van der Waals surface area contributed by atoms with Crippen LogP contribution >= 0.6 is 15.9 Å². The summed E-state index contributed by atoms with van der Waals surface area (Å²) in [6, 6.07) is 18.9. The van der Waals surface area contributed by atoms with Crippen LogP contribution < -0.4 is 9.47 Å². The van der Waals surface area contributed by atoms with Gasteiger partial charge in [0.1, 0.15) is 11.5 Å². The molecule has 1 saturated carbocycles. The highest BCUT2D eigenvalue weighted by molar-refractivity contribution is 9.10. The van der Waals surface area contributed by atoms with Gasteiger partial charge in [-0.15, -0.1) is 0 Å². The summed E-state index contributed by atoms with van der Waals surface area (Å²) in [5.41, 5.74) is -1.69. The summed E-state index contributed by atoms with van der Waals surface area (Å²) >= 11 is 3.46. The van der Waals surface area contributed by atoms with Crippen molar-refractivity contribution in [2.24, 2.45) is 11.8 Å². The first-order valence-corrected chi connectivity index (χ1v) is 11.5. The van der Waals surface area contributed by atoms with Gasteiger partial charge in [-0.05, 0) is 29.2 Å². The molecule has 34 heavy (non-hydrogen) atoms. The fourth-order valence-electron chi connectivity index (χ4n) is 5.88. The van der Waals surface area contributed by atoms with E-state index >= 15 is 0 Å². The molecule has 5 atom stereocenters. The lowest BCUT2D eigenvalue weighted by atomic mass is 9.70. The van der Waals surface area contributed by atoms with Crippen LogP contribution in [0.2, 0.25) is 0 Å². The molecule has 2 aliphatic rings. The third-order valence-electron chi connectivity index (χ3n) is 7.04. The van der Waals surface area contributed by atoms with Gasteiger partial charge in [0.15, 0.2) is 11.2 Å². The maximum atomic E-state index is 12.7. The zero-order valence-corrected chi connectivity index (χ0v) is 19.8. The molecule has 7 nitrogen and oxygen atoms in total. The summed E-state index contributed by atoms with van der Waals surface area (Å²) in [5, 5.41) is 32.9. The Bertz CT molecular complexity index is 1290. The number of benzene rings is 2. The number of nitriles is 1. The molecule has 0 bridgehead atoms. The van der Waals surface area contributed by atoms with Gasteiger partial charge in [0.25, 0.3) is 0 Å². The molecule has 2 aromatic carbocycles. The molecular weight excluding hydrogens is 500 g/mol. The molecule has 5 rings (SSSR count). The molecule has 8 heteroatoms. The molecule has 0 amide bonds. The van der Waals surface area contributed by atoms with Crippen LogP contribution in [-0.2, 0) is 16.0 Å². The highest BCUT2D eigenvalue weighted by Gasteiger charge is 2.77. The topological polar surface area (TPSA) is 113 Å². The number of halogens is 1. The SMILES string of the molecule is COc1cncc2c1[C@]1(O)[C@@H](C#N)[C@H](CC(=O)O)[C@@H](c3ccccc3)[C@]1(c1ccc(Br)cc1)O2. The van der Waals surface area contributed by atoms with E-state index in [9.17, 15) is 20.3 Å². The summed E-state index contributed by atoms with van der Waals surface area (Å²) in [6.07, 6.45) is 2.65. The number of aliphatic hydroxyl groups is 1. The Balaban J connectivity index is 1.90. The van der Waals surface area contributed by atoms with Crippen LogP contribution in [0.3, 0.4) is 0 Å². The number of aliphatic carboxylic acids is 1. The molecule has 172 valence electrons. The molecule has 2 heterocycles. The minimum Gasteiger partial charge on any atom is -0.495 e. The molecule has 0 unspecified atom stereocenters. The zero-order chi connectivity index (χ0) is 24.1. The number of hydrogen-bond acceptors (Lipinski definition) is 6. The van der Waals surface area contributed by atoms with Gasteiger partial charge in [-0.25, -0.2) is 0 Å². The van der Waals surface area contributed by atoms with E-state index < -0.39 is 34.9 Å². The van der Waals surface area contributed by atoms with Crippen molar-refractivity contribution in [3.63, 3.8) is 0 Å². The van der Waals surface area contributed by atoms with Gasteiger partial charge in [-0.1, -0.05) is 58.4 Å². The maximum Gasteiger partial charge on any atom is 0.303 e. The number of aromatic nitrogens is 1. The Morgan fingerprint density at radius 1 is 1.21 bits per heavy atom. The zero-order valence-electron chi connectivity index (χ0n) is 18.2. The van der Waals surface area contributed by atoms with Crippen LogP contribution in [0.4, 0.5) is 0 Å². The van der Waals surface area contributed by atoms with Crippen molar-refractivity contribution in [1.29, 1.82) is 5.26 Å². The minimum absolute atomic E-state index is 0.280. The average Bonchev–Trinajstić information content (AvgIpc) is 3.21. The molecule has 0 radical (unpaired) electrons. The number of carboxylic acid groups (broad SMARTS) is 1. The number of pyridine rings is 1. The fraction of sp³-hybridized carbons (Fsp3) is 0.269. The molecule has 1 aliphatic heterocycles. The first-order chi connectivity index (χ1) is 16.4. The standard InChI is InChI=1S/C26H21BrN2O5/c1-33-20-13-29-14-21-24(20)25(32)19(12-28)18(11-22(30)31)23(15-5-3-2-4-6-15)26(25,34-21)16-7-9-17(27)10-8-16/h2-10,13-14,18-19,23,32H,11H2,1H3,(H,30,31)/t18-,19-,23+,25+,26-/m0/s1. The number of fused-ring (bicyclic) bond motifs is 3. The van der Waals surface area contributed by atoms with Gasteiger partial charge in [-0.3, -0.25) is 9.78 Å². The van der Waals surface area contributed by atoms with Crippen LogP contribution in [0.1, 0.15) is 29.0 Å². The van der Waals surface area contributed by atoms with E-state index in [4.69, 9.17) is 9.47 Å². The molecule has 1 fully saturated rings. The molecule has 3 aromatic rings. The second kappa shape index (κ2) is 8.12. The molecular formula is C26H21BrN2O5. The minimum atomic E-state index is -1.90. The Labute approximate surface area is 204 Å². The van der Waals surface area contributed by atoms with E-state index in [1.165, 1.54) is 19.5 Å². The van der Waals surface area contributed by atoms with E-state index in [-0.39, 0.29) is 12.2 Å². The average molecular weight is 521 g/mol. The van der Waals surface area contributed by atoms with Gasteiger partial charge >= 0.3 is 5.97 Å². The largest absolute Gasteiger partial charge is 0.495 e. The first kappa shape index (κ1) is 22.4. The third kappa shape index (κ3) is 2.90. The summed E-state index contributed by atoms with van der Waals surface area (Å²) in [5.74, 6) is -2.97.